The Balaban J connectivity index is 1.44. The number of carbonyl (C=O) groups excluding carboxylic acids is 1. The highest BCUT2D eigenvalue weighted by Crippen LogP contribution is 2.24. The number of aromatic nitrogens is 3. The molecule has 1 saturated heterocycles. The molecule has 0 atom stereocenters. The summed E-state index contributed by atoms with van der Waals surface area (Å²) in [6, 6.07) is 14.4. The number of fused-ring (bicyclic) bond motifs is 1. The van der Waals surface area contributed by atoms with Crippen LogP contribution in [0.2, 0.25) is 0 Å². The van der Waals surface area contributed by atoms with Crippen LogP contribution in [-0.2, 0) is 6.54 Å². The first-order valence-corrected chi connectivity index (χ1v) is 10.4. The molecular formula is C24H22FN5O2. The fraction of sp³-hybridized carbons (Fsp3) is 0.208. The molecule has 1 amide bonds. The minimum atomic E-state index is -0.447. The summed E-state index contributed by atoms with van der Waals surface area (Å²) in [5, 5.41) is 3.46. The summed E-state index contributed by atoms with van der Waals surface area (Å²) >= 11 is 0. The molecule has 5 rings (SSSR count). The van der Waals surface area contributed by atoms with Gasteiger partial charge in [-0.15, -0.1) is 0 Å². The van der Waals surface area contributed by atoms with E-state index >= 15 is 0 Å². The number of pyridine rings is 2. The molecule has 1 N–H and O–H groups in total. The Kier molecular flexibility index (Phi) is 5.18. The second-order valence-electron chi connectivity index (χ2n) is 7.73. The smallest absolute Gasteiger partial charge is 0.272 e. The molecule has 7 nitrogen and oxygen atoms in total. The van der Waals surface area contributed by atoms with Crippen LogP contribution in [0.15, 0.2) is 60.9 Å². The van der Waals surface area contributed by atoms with Gasteiger partial charge in [0, 0.05) is 25.0 Å². The van der Waals surface area contributed by atoms with Crippen LogP contribution in [0.5, 0.6) is 5.75 Å². The summed E-state index contributed by atoms with van der Waals surface area (Å²) in [7, 11) is 1.61. The van der Waals surface area contributed by atoms with Crippen LogP contribution < -0.4 is 15.0 Å². The van der Waals surface area contributed by atoms with Gasteiger partial charge < -0.3 is 19.5 Å². The number of hydrogen-bond acceptors (Lipinski definition) is 5. The van der Waals surface area contributed by atoms with E-state index in [1.165, 1.54) is 12.5 Å². The fourth-order valence-corrected chi connectivity index (χ4v) is 3.77. The van der Waals surface area contributed by atoms with Gasteiger partial charge in [-0.2, -0.15) is 0 Å². The van der Waals surface area contributed by atoms with Gasteiger partial charge in [-0.05, 0) is 48.4 Å². The molecule has 3 aromatic heterocycles. The van der Waals surface area contributed by atoms with Gasteiger partial charge in [-0.3, -0.25) is 4.79 Å². The second kappa shape index (κ2) is 8.30. The molecular weight excluding hydrogens is 409 g/mol. The maximum Gasteiger partial charge on any atom is 0.272 e. The predicted octanol–water partition coefficient (Wildman–Crippen LogP) is 4.09. The van der Waals surface area contributed by atoms with E-state index in [0.29, 0.717) is 29.0 Å². The quantitative estimate of drug-likeness (QED) is 0.498. The number of nitrogens with zero attached hydrogens (tertiary/aromatic N) is 4. The molecule has 0 saturated carbocycles. The van der Waals surface area contributed by atoms with Crippen molar-refractivity contribution < 1.29 is 13.9 Å². The summed E-state index contributed by atoms with van der Waals surface area (Å²) in [4.78, 5) is 24.0. The summed E-state index contributed by atoms with van der Waals surface area (Å²) in [5.41, 5.74) is 2.49. The normalized spacial score (nSPS) is 13.1. The minimum absolute atomic E-state index is 0.310. The number of ether oxygens (including phenoxy) is 1. The third-order valence-corrected chi connectivity index (χ3v) is 5.62. The van der Waals surface area contributed by atoms with Crippen molar-refractivity contribution in [1.82, 2.24) is 14.5 Å². The van der Waals surface area contributed by atoms with E-state index in [1.807, 2.05) is 36.4 Å². The van der Waals surface area contributed by atoms with Gasteiger partial charge in [0.2, 0.25) is 0 Å². The molecule has 1 aromatic carbocycles. The SMILES string of the molecule is COc1ccc(Cn2c(C(=O)Nc3ccc(N4CCC4)nc3)cc3cc(F)cnc32)cc1. The summed E-state index contributed by atoms with van der Waals surface area (Å²) in [6.45, 7) is 2.42. The van der Waals surface area contributed by atoms with Crippen molar-refractivity contribution in [2.45, 2.75) is 13.0 Å². The highest BCUT2D eigenvalue weighted by Gasteiger charge is 2.19. The molecule has 1 aliphatic rings. The van der Waals surface area contributed by atoms with Gasteiger partial charge in [-0.25, -0.2) is 14.4 Å². The molecule has 0 unspecified atom stereocenters. The molecule has 0 aliphatic carbocycles. The number of benzene rings is 1. The largest absolute Gasteiger partial charge is 0.497 e. The number of nitrogens with one attached hydrogen (secondary N) is 1. The molecule has 0 radical (unpaired) electrons. The molecule has 162 valence electrons. The van der Waals surface area contributed by atoms with E-state index in [4.69, 9.17) is 4.74 Å². The van der Waals surface area contributed by atoms with E-state index in [9.17, 15) is 9.18 Å². The fourth-order valence-electron chi connectivity index (χ4n) is 3.77. The van der Waals surface area contributed by atoms with E-state index in [0.717, 1.165) is 36.4 Å². The summed E-state index contributed by atoms with van der Waals surface area (Å²) in [6.07, 6.45) is 3.99. The first kappa shape index (κ1) is 20.0. The van der Waals surface area contributed by atoms with Crippen molar-refractivity contribution in [2.24, 2.45) is 0 Å². The zero-order valence-corrected chi connectivity index (χ0v) is 17.6. The Morgan fingerprint density at radius 3 is 2.56 bits per heavy atom. The van der Waals surface area contributed by atoms with Crippen molar-refractivity contribution in [2.75, 3.05) is 30.4 Å². The van der Waals surface area contributed by atoms with Gasteiger partial charge >= 0.3 is 0 Å². The molecule has 1 fully saturated rings. The van der Waals surface area contributed by atoms with Crippen molar-refractivity contribution >= 4 is 28.4 Å². The minimum Gasteiger partial charge on any atom is -0.497 e. The number of anilines is 2. The monoisotopic (exact) mass is 431 g/mol. The molecule has 0 spiro atoms. The van der Waals surface area contributed by atoms with Crippen molar-refractivity contribution in [1.29, 1.82) is 0 Å². The second-order valence-corrected chi connectivity index (χ2v) is 7.73. The number of methoxy groups -OCH3 is 1. The van der Waals surface area contributed by atoms with E-state index in [2.05, 4.69) is 20.2 Å². The van der Waals surface area contributed by atoms with E-state index in [1.54, 1.807) is 23.9 Å². The Morgan fingerprint density at radius 2 is 1.91 bits per heavy atom. The Morgan fingerprint density at radius 1 is 1.09 bits per heavy atom. The zero-order valence-electron chi connectivity index (χ0n) is 17.6. The maximum absolute atomic E-state index is 13.8. The highest BCUT2D eigenvalue weighted by atomic mass is 19.1. The van der Waals surface area contributed by atoms with Gasteiger partial charge in [0.05, 0.1) is 25.2 Å². The van der Waals surface area contributed by atoms with Crippen LogP contribution >= 0.6 is 0 Å². The molecule has 1 aliphatic heterocycles. The van der Waals surface area contributed by atoms with Crippen LogP contribution in [0.4, 0.5) is 15.9 Å². The number of hydrogen-bond donors (Lipinski definition) is 1. The third-order valence-electron chi connectivity index (χ3n) is 5.62. The van der Waals surface area contributed by atoms with E-state index in [-0.39, 0.29) is 5.91 Å². The van der Waals surface area contributed by atoms with Crippen LogP contribution in [0.1, 0.15) is 22.5 Å². The number of carbonyl (C=O) groups is 1. The zero-order chi connectivity index (χ0) is 22.1. The van der Waals surface area contributed by atoms with Crippen LogP contribution in [0, 0.1) is 5.82 Å². The number of rotatable bonds is 6. The van der Waals surface area contributed by atoms with Gasteiger partial charge in [0.15, 0.2) is 0 Å². The van der Waals surface area contributed by atoms with Gasteiger partial charge in [0.25, 0.3) is 5.91 Å². The lowest BCUT2D eigenvalue weighted by Crippen LogP contribution is -2.37. The third kappa shape index (κ3) is 3.87. The lowest BCUT2D eigenvalue weighted by molar-refractivity contribution is 0.101. The summed E-state index contributed by atoms with van der Waals surface area (Å²) in [5.74, 6) is 0.897. The van der Waals surface area contributed by atoms with E-state index < -0.39 is 5.82 Å². The van der Waals surface area contributed by atoms with Crippen molar-refractivity contribution in [3.8, 4) is 5.75 Å². The Bertz CT molecular complexity index is 1260. The first-order chi connectivity index (χ1) is 15.6. The number of amides is 1. The maximum atomic E-state index is 13.8. The molecule has 32 heavy (non-hydrogen) atoms. The highest BCUT2D eigenvalue weighted by molar-refractivity contribution is 6.06. The van der Waals surface area contributed by atoms with Crippen molar-refractivity contribution in [3.63, 3.8) is 0 Å². The van der Waals surface area contributed by atoms with Crippen LogP contribution in [-0.4, -0.2) is 40.6 Å². The average molecular weight is 431 g/mol. The lowest BCUT2D eigenvalue weighted by Gasteiger charge is -2.31. The standard InChI is InChI=1S/C24H22FN5O2/c1-32-20-6-3-16(4-7-20)15-30-21(12-17-11-18(25)13-27-23(17)30)24(31)28-19-5-8-22(26-14-19)29-9-2-10-29/h3-8,11-14H,2,9-10,15H2,1H3,(H,28,31). The average Bonchev–Trinajstić information content (AvgIpc) is 3.12. The molecule has 4 heterocycles. The van der Waals surface area contributed by atoms with Gasteiger partial charge in [0.1, 0.15) is 28.7 Å². The summed E-state index contributed by atoms with van der Waals surface area (Å²) < 4.78 is 20.8. The Hall–Kier alpha value is -3.94. The Labute approximate surface area is 184 Å². The predicted molar refractivity (Wildman–Crippen MR) is 121 cm³/mol. The lowest BCUT2D eigenvalue weighted by atomic mass is 10.2. The first-order valence-electron chi connectivity index (χ1n) is 10.4. The topological polar surface area (TPSA) is 72.3 Å². The van der Waals surface area contributed by atoms with Crippen LogP contribution in [0.25, 0.3) is 11.0 Å². The van der Waals surface area contributed by atoms with Crippen molar-refractivity contribution in [3.05, 3.63) is 78.0 Å². The van der Waals surface area contributed by atoms with Gasteiger partial charge in [-0.1, -0.05) is 12.1 Å². The number of halogens is 1. The molecule has 8 heteroatoms. The molecule has 4 aromatic rings. The van der Waals surface area contributed by atoms with Crippen LogP contribution in [0.3, 0.4) is 0 Å². The molecule has 0 bridgehead atoms.